The van der Waals surface area contributed by atoms with Crippen LogP contribution in [0.4, 0.5) is 5.69 Å². The zero-order valence-corrected chi connectivity index (χ0v) is 12.2. The van der Waals surface area contributed by atoms with Crippen molar-refractivity contribution < 1.29 is 5.11 Å². The Hall–Kier alpha value is -1.19. The van der Waals surface area contributed by atoms with Gasteiger partial charge >= 0.3 is 0 Å². The molecule has 2 N–H and O–H groups in total. The second kappa shape index (κ2) is 5.63. The molecule has 2 aromatic rings. The van der Waals surface area contributed by atoms with E-state index < -0.39 is 0 Å². The molecular weight excluding hydrogens is 314 g/mol. The lowest BCUT2D eigenvalue weighted by Crippen LogP contribution is -2.00. The first-order valence-corrected chi connectivity index (χ1v) is 6.71. The summed E-state index contributed by atoms with van der Waals surface area (Å²) < 4.78 is 0.971. The summed E-state index contributed by atoms with van der Waals surface area (Å²) in [5.41, 5.74) is 2.87. The molecule has 0 saturated heterocycles. The van der Waals surface area contributed by atoms with Crippen LogP contribution in [0.15, 0.2) is 40.9 Å². The third kappa shape index (κ3) is 3.18. The maximum Gasteiger partial charge on any atom is 0.120 e. The first-order valence-electron chi connectivity index (χ1n) is 5.53. The maximum atomic E-state index is 9.62. The van der Waals surface area contributed by atoms with E-state index in [1.807, 2.05) is 37.3 Å². The molecule has 2 aromatic carbocycles. The number of rotatable bonds is 3. The number of anilines is 1. The van der Waals surface area contributed by atoms with Gasteiger partial charge in [-0.1, -0.05) is 39.7 Å². The fourth-order valence-corrected chi connectivity index (χ4v) is 2.40. The summed E-state index contributed by atoms with van der Waals surface area (Å²) in [6.45, 7) is 2.54. The molecule has 0 aromatic heterocycles. The molecule has 0 fully saturated rings. The van der Waals surface area contributed by atoms with Crippen LogP contribution < -0.4 is 5.32 Å². The van der Waals surface area contributed by atoms with Gasteiger partial charge in [0.15, 0.2) is 0 Å². The van der Waals surface area contributed by atoms with Crippen molar-refractivity contribution in [3.63, 3.8) is 0 Å². The number of halogens is 2. The van der Waals surface area contributed by atoms with Gasteiger partial charge in [-0.25, -0.2) is 0 Å². The lowest BCUT2D eigenvalue weighted by molar-refractivity contribution is 0.471. The van der Waals surface area contributed by atoms with Crippen molar-refractivity contribution in [1.29, 1.82) is 0 Å². The van der Waals surface area contributed by atoms with Gasteiger partial charge in [0.1, 0.15) is 5.75 Å². The van der Waals surface area contributed by atoms with Crippen LogP contribution in [0.5, 0.6) is 5.75 Å². The Kier molecular flexibility index (Phi) is 4.15. The van der Waals surface area contributed by atoms with Crippen LogP contribution in [0.1, 0.15) is 11.1 Å². The number of phenolic OH excluding ortho intramolecular Hbond substituents is 1. The Morgan fingerprint density at radius 2 is 2.00 bits per heavy atom. The predicted molar refractivity (Wildman–Crippen MR) is 79.3 cm³/mol. The molecule has 0 aliphatic heterocycles. The monoisotopic (exact) mass is 325 g/mol. The number of aromatic hydroxyl groups is 1. The normalized spacial score (nSPS) is 10.4. The Morgan fingerprint density at radius 1 is 1.22 bits per heavy atom. The van der Waals surface area contributed by atoms with Crippen LogP contribution in [0.3, 0.4) is 0 Å². The first kappa shape index (κ1) is 13.2. The van der Waals surface area contributed by atoms with Crippen LogP contribution in [-0.4, -0.2) is 5.11 Å². The zero-order chi connectivity index (χ0) is 13.1. The van der Waals surface area contributed by atoms with Gasteiger partial charge in [-0.05, 0) is 36.2 Å². The van der Waals surface area contributed by atoms with Gasteiger partial charge in [-0.2, -0.15) is 0 Å². The third-order valence-corrected chi connectivity index (χ3v) is 3.68. The van der Waals surface area contributed by atoms with Crippen LogP contribution in [0.25, 0.3) is 0 Å². The molecule has 0 amide bonds. The lowest BCUT2D eigenvalue weighted by atomic mass is 10.2. The molecular formula is C14H13BrClNO. The molecule has 0 unspecified atom stereocenters. The fraction of sp³-hybridized carbons (Fsp3) is 0.143. The summed E-state index contributed by atoms with van der Waals surface area (Å²) in [7, 11) is 0. The molecule has 0 atom stereocenters. The molecule has 4 heteroatoms. The van der Waals surface area contributed by atoms with Crippen molar-refractivity contribution in [3.8, 4) is 5.75 Å². The summed E-state index contributed by atoms with van der Waals surface area (Å²) in [6.07, 6.45) is 0. The highest BCUT2D eigenvalue weighted by Crippen LogP contribution is 2.24. The van der Waals surface area contributed by atoms with Gasteiger partial charge in [0.25, 0.3) is 0 Å². The SMILES string of the molecule is Cc1ccc(NCc2ccc(Cl)cc2Br)cc1O. The molecule has 0 saturated carbocycles. The summed E-state index contributed by atoms with van der Waals surface area (Å²) in [5.74, 6) is 0.301. The van der Waals surface area contributed by atoms with E-state index in [9.17, 15) is 5.11 Å². The highest BCUT2D eigenvalue weighted by Gasteiger charge is 2.02. The molecule has 94 valence electrons. The minimum atomic E-state index is 0.301. The quantitative estimate of drug-likeness (QED) is 0.854. The van der Waals surface area contributed by atoms with Gasteiger partial charge in [0, 0.05) is 27.8 Å². The summed E-state index contributed by atoms with van der Waals surface area (Å²) in [4.78, 5) is 0. The van der Waals surface area contributed by atoms with Gasteiger partial charge in [0.2, 0.25) is 0 Å². The highest BCUT2D eigenvalue weighted by molar-refractivity contribution is 9.10. The smallest absolute Gasteiger partial charge is 0.120 e. The molecule has 2 nitrogen and oxygen atoms in total. The van der Waals surface area contributed by atoms with Gasteiger partial charge in [-0.3, -0.25) is 0 Å². The lowest BCUT2D eigenvalue weighted by Gasteiger charge is -2.09. The minimum absolute atomic E-state index is 0.301. The Labute approximate surface area is 120 Å². The average Bonchev–Trinajstić information content (AvgIpc) is 2.32. The number of hydrogen-bond acceptors (Lipinski definition) is 2. The van der Waals surface area contributed by atoms with Gasteiger partial charge < -0.3 is 10.4 Å². The van der Waals surface area contributed by atoms with E-state index in [4.69, 9.17) is 11.6 Å². The average molecular weight is 327 g/mol. The summed E-state index contributed by atoms with van der Waals surface area (Å²) in [5, 5.41) is 13.6. The molecule has 0 radical (unpaired) electrons. The molecule has 0 bridgehead atoms. The second-order valence-electron chi connectivity index (χ2n) is 4.09. The Morgan fingerprint density at radius 3 is 2.67 bits per heavy atom. The van der Waals surface area contributed by atoms with Crippen molar-refractivity contribution >= 4 is 33.2 Å². The predicted octanol–water partition coefficient (Wildman–Crippen LogP) is 4.73. The van der Waals surface area contributed by atoms with Gasteiger partial charge in [-0.15, -0.1) is 0 Å². The van der Waals surface area contributed by atoms with Crippen molar-refractivity contribution in [2.24, 2.45) is 0 Å². The summed E-state index contributed by atoms with van der Waals surface area (Å²) in [6, 6.07) is 11.2. The van der Waals surface area contributed by atoms with E-state index >= 15 is 0 Å². The molecule has 18 heavy (non-hydrogen) atoms. The number of nitrogens with one attached hydrogen (secondary N) is 1. The highest BCUT2D eigenvalue weighted by atomic mass is 79.9. The summed E-state index contributed by atoms with van der Waals surface area (Å²) >= 11 is 9.36. The largest absolute Gasteiger partial charge is 0.508 e. The van der Waals surface area contributed by atoms with E-state index in [0.29, 0.717) is 17.3 Å². The molecule has 0 aliphatic rings. The van der Waals surface area contributed by atoms with E-state index in [1.165, 1.54) is 0 Å². The molecule has 0 heterocycles. The van der Waals surface area contributed by atoms with E-state index in [1.54, 1.807) is 6.07 Å². The van der Waals surface area contributed by atoms with Crippen molar-refractivity contribution in [3.05, 3.63) is 57.0 Å². The first-order chi connectivity index (χ1) is 8.56. The number of hydrogen-bond donors (Lipinski definition) is 2. The number of phenols is 1. The van der Waals surface area contributed by atoms with E-state index in [-0.39, 0.29) is 0 Å². The second-order valence-corrected chi connectivity index (χ2v) is 5.38. The fourth-order valence-electron chi connectivity index (χ4n) is 1.58. The van der Waals surface area contributed by atoms with Crippen LogP contribution in [-0.2, 0) is 6.54 Å². The molecule has 0 aliphatic carbocycles. The van der Waals surface area contributed by atoms with Gasteiger partial charge in [0.05, 0.1) is 0 Å². The van der Waals surface area contributed by atoms with Crippen LogP contribution in [0.2, 0.25) is 5.02 Å². The zero-order valence-electron chi connectivity index (χ0n) is 9.87. The standard InChI is InChI=1S/C14H13BrClNO/c1-9-2-5-12(7-14(9)18)17-8-10-3-4-11(16)6-13(10)15/h2-7,17-18H,8H2,1H3. The van der Waals surface area contributed by atoms with Crippen molar-refractivity contribution in [2.45, 2.75) is 13.5 Å². The maximum absolute atomic E-state index is 9.62. The minimum Gasteiger partial charge on any atom is -0.508 e. The molecule has 0 spiro atoms. The van der Waals surface area contributed by atoms with Crippen LogP contribution >= 0.6 is 27.5 Å². The van der Waals surface area contributed by atoms with Crippen molar-refractivity contribution in [1.82, 2.24) is 0 Å². The Balaban J connectivity index is 2.09. The van der Waals surface area contributed by atoms with E-state index in [2.05, 4.69) is 21.2 Å². The Bertz CT molecular complexity index is 572. The number of benzene rings is 2. The van der Waals surface area contributed by atoms with Crippen LogP contribution in [0, 0.1) is 6.92 Å². The molecule has 2 rings (SSSR count). The topological polar surface area (TPSA) is 32.3 Å². The third-order valence-electron chi connectivity index (χ3n) is 2.71. The van der Waals surface area contributed by atoms with E-state index in [0.717, 1.165) is 21.3 Å². The van der Waals surface area contributed by atoms with Crippen molar-refractivity contribution in [2.75, 3.05) is 5.32 Å². The number of aryl methyl sites for hydroxylation is 1.